The van der Waals surface area contributed by atoms with Gasteiger partial charge in [0.15, 0.2) is 0 Å². The van der Waals surface area contributed by atoms with Gasteiger partial charge in [-0.15, -0.1) is 0 Å². The number of anilines is 1. The summed E-state index contributed by atoms with van der Waals surface area (Å²) in [4.78, 5) is 28.0. The van der Waals surface area contributed by atoms with E-state index in [4.69, 9.17) is 0 Å². The van der Waals surface area contributed by atoms with Gasteiger partial charge in [-0.25, -0.2) is 0 Å². The van der Waals surface area contributed by atoms with Gasteiger partial charge in [0.2, 0.25) is 11.8 Å². The lowest BCUT2D eigenvalue weighted by molar-refractivity contribution is -0.136. The number of nitrogens with one attached hydrogen (secondary N) is 1. The Morgan fingerprint density at radius 3 is 2.39 bits per heavy atom. The molecule has 0 atom stereocenters. The van der Waals surface area contributed by atoms with Crippen molar-refractivity contribution in [1.29, 1.82) is 0 Å². The molecule has 2 amide bonds. The fourth-order valence-electron chi connectivity index (χ4n) is 2.77. The van der Waals surface area contributed by atoms with Crippen LogP contribution in [0.2, 0.25) is 0 Å². The summed E-state index contributed by atoms with van der Waals surface area (Å²) in [7, 11) is 0. The third-order valence-electron chi connectivity index (χ3n) is 4.17. The van der Waals surface area contributed by atoms with E-state index in [1.165, 1.54) is 5.69 Å². The Balaban J connectivity index is 1.70. The summed E-state index contributed by atoms with van der Waals surface area (Å²) in [6.45, 7) is 5.78. The molecule has 1 heterocycles. The van der Waals surface area contributed by atoms with Crippen LogP contribution in [-0.2, 0) is 9.59 Å². The highest BCUT2D eigenvalue weighted by atomic mass is 16.2. The van der Waals surface area contributed by atoms with Crippen LogP contribution in [0.3, 0.4) is 0 Å². The van der Waals surface area contributed by atoms with Crippen LogP contribution in [0.1, 0.15) is 32.6 Å². The van der Waals surface area contributed by atoms with Crippen molar-refractivity contribution in [3.05, 3.63) is 30.3 Å². The van der Waals surface area contributed by atoms with E-state index >= 15 is 0 Å². The molecule has 1 saturated heterocycles. The molecule has 1 aliphatic rings. The van der Waals surface area contributed by atoms with Crippen molar-refractivity contribution in [3.8, 4) is 0 Å². The Morgan fingerprint density at radius 2 is 1.74 bits per heavy atom. The molecule has 1 aromatic carbocycles. The van der Waals surface area contributed by atoms with Crippen LogP contribution in [0.4, 0.5) is 5.69 Å². The maximum Gasteiger partial charge on any atom is 0.232 e. The maximum absolute atomic E-state index is 12.2. The summed E-state index contributed by atoms with van der Waals surface area (Å²) in [6, 6.07) is 10.2. The lowest BCUT2D eigenvalue weighted by atomic mass is 10.2. The third-order valence-corrected chi connectivity index (χ3v) is 4.17. The standard InChI is InChI=1S/C18H27N3O2/c1-2-3-7-10-19-17(22)15-18(23)21-13-11-20(12-14-21)16-8-5-4-6-9-16/h4-6,8-9H,2-3,7,10-15H2,1H3,(H,19,22). The van der Waals surface area contributed by atoms with Crippen LogP contribution in [0.25, 0.3) is 0 Å². The lowest BCUT2D eigenvalue weighted by Crippen LogP contribution is -2.49. The number of para-hydroxylation sites is 1. The first kappa shape index (κ1) is 17.3. The SMILES string of the molecule is CCCCCNC(=O)CC(=O)N1CCN(c2ccccc2)CC1. The van der Waals surface area contributed by atoms with E-state index in [0.717, 1.165) is 32.4 Å². The van der Waals surface area contributed by atoms with Crippen molar-refractivity contribution in [2.45, 2.75) is 32.6 Å². The zero-order valence-electron chi connectivity index (χ0n) is 14.0. The van der Waals surface area contributed by atoms with Crippen LogP contribution in [-0.4, -0.2) is 49.4 Å². The van der Waals surface area contributed by atoms with Gasteiger partial charge in [-0.3, -0.25) is 9.59 Å². The first-order valence-corrected chi connectivity index (χ1v) is 8.55. The zero-order valence-corrected chi connectivity index (χ0v) is 14.0. The van der Waals surface area contributed by atoms with Crippen LogP contribution < -0.4 is 10.2 Å². The first-order valence-electron chi connectivity index (χ1n) is 8.55. The van der Waals surface area contributed by atoms with E-state index < -0.39 is 0 Å². The summed E-state index contributed by atoms with van der Waals surface area (Å²) < 4.78 is 0. The molecule has 23 heavy (non-hydrogen) atoms. The van der Waals surface area contributed by atoms with Gasteiger partial charge in [0.1, 0.15) is 6.42 Å². The second-order valence-corrected chi connectivity index (χ2v) is 5.94. The number of hydrogen-bond acceptors (Lipinski definition) is 3. The minimum atomic E-state index is -0.156. The Hall–Kier alpha value is -2.04. The number of rotatable bonds is 7. The molecule has 0 radical (unpaired) electrons. The predicted octanol–water partition coefficient (Wildman–Crippen LogP) is 2.03. The highest BCUT2D eigenvalue weighted by molar-refractivity contribution is 5.96. The minimum absolute atomic E-state index is 0.0303. The Bertz CT molecular complexity index is 496. The van der Waals surface area contributed by atoms with Gasteiger partial charge in [0.25, 0.3) is 0 Å². The molecule has 1 aliphatic heterocycles. The van der Waals surface area contributed by atoms with Gasteiger partial charge < -0.3 is 15.1 Å². The van der Waals surface area contributed by atoms with Gasteiger partial charge in [0.05, 0.1) is 0 Å². The van der Waals surface area contributed by atoms with Crippen LogP contribution in [0.15, 0.2) is 30.3 Å². The van der Waals surface area contributed by atoms with E-state index in [0.29, 0.717) is 19.6 Å². The highest BCUT2D eigenvalue weighted by Crippen LogP contribution is 2.15. The quantitative estimate of drug-likeness (QED) is 0.618. The molecule has 0 aromatic heterocycles. The molecule has 1 fully saturated rings. The predicted molar refractivity (Wildman–Crippen MR) is 92.4 cm³/mol. The third kappa shape index (κ3) is 5.58. The molecular formula is C18H27N3O2. The van der Waals surface area contributed by atoms with Gasteiger partial charge in [-0.05, 0) is 18.6 Å². The second kappa shape index (κ2) is 9.18. The Labute approximate surface area is 138 Å². The number of carbonyl (C=O) groups is 2. The summed E-state index contributed by atoms with van der Waals surface area (Å²) in [6.07, 6.45) is 3.18. The molecule has 0 unspecified atom stereocenters. The molecule has 0 saturated carbocycles. The lowest BCUT2D eigenvalue weighted by Gasteiger charge is -2.36. The van der Waals surface area contributed by atoms with Gasteiger partial charge in [0, 0.05) is 38.4 Å². The Kier molecular flexibility index (Phi) is 6.91. The zero-order chi connectivity index (χ0) is 16.5. The Morgan fingerprint density at radius 1 is 1.04 bits per heavy atom. The molecule has 5 heteroatoms. The van der Waals surface area contributed by atoms with E-state index in [2.05, 4.69) is 29.3 Å². The van der Waals surface area contributed by atoms with Gasteiger partial charge in [-0.1, -0.05) is 38.0 Å². The molecule has 1 aromatic rings. The molecule has 0 spiro atoms. The highest BCUT2D eigenvalue weighted by Gasteiger charge is 2.22. The van der Waals surface area contributed by atoms with Crippen molar-refractivity contribution in [3.63, 3.8) is 0 Å². The number of amides is 2. The number of hydrogen-bond donors (Lipinski definition) is 1. The van der Waals surface area contributed by atoms with Gasteiger partial charge >= 0.3 is 0 Å². The summed E-state index contributed by atoms with van der Waals surface area (Å²) in [5.74, 6) is -0.220. The molecular weight excluding hydrogens is 290 g/mol. The smallest absolute Gasteiger partial charge is 0.232 e. The monoisotopic (exact) mass is 317 g/mol. The summed E-state index contributed by atoms with van der Waals surface area (Å²) >= 11 is 0. The summed E-state index contributed by atoms with van der Waals surface area (Å²) in [5, 5.41) is 2.83. The molecule has 0 aliphatic carbocycles. The van der Waals surface area contributed by atoms with Crippen molar-refractivity contribution < 1.29 is 9.59 Å². The van der Waals surface area contributed by atoms with Crippen molar-refractivity contribution in [1.82, 2.24) is 10.2 Å². The number of carbonyl (C=O) groups excluding carboxylic acids is 2. The maximum atomic E-state index is 12.2. The fraction of sp³-hybridized carbons (Fsp3) is 0.556. The van der Waals surface area contributed by atoms with E-state index in [1.807, 2.05) is 18.2 Å². The molecule has 126 valence electrons. The summed E-state index contributed by atoms with van der Waals surface area (Å²) in [5.41, 5.74) is 1.19. The number of nitrogens with zero attached hydrogens (tertiary/aromatic N) is 2. The average molecular weight is 317 g/mol. The van der Waals surface area contributed by atoms with E-state index in [-0.39, 0.29) is 18.2 Å². The largest absolute Gasteiger partial charge is 0.368 e. The van der Waals surface area contributed by atoms with E-state index in [9.17, 15) is 9.59 Å². The van der Waals surface area contributed by atoms with E-state index in [1.54, 1.807) is 4.90 Å². The molecule has 1 N–H and O–H groups in total. The van der Waals surface area contributed by atoms with Crippen molar-refractivity contribution in [2.24, 2.45) is 0 Å². The first-order chi connectivity index (χ1) is 11.2. The van der Waals surface area contributed by atoms with Crippen molar-refractivity contribution >= 4 is 17.5 Å². The minimum Gasteiger partial charge on any atom is -0.368 e. The number of unbranched alkanes of at least 4 members (excludes halogenated alkanes) is 2. The normalized spacial score (nSPS) is 14.7. The van der Waals surface area contributed by atoms with Crippen LogP contribution in [0, 0.1) is 0 Å². The molecule has 5 nitrogen and oxygen atoms in total. The topological polar surface area (TPSA) is 52.7 Å². The molecule has 2 rings (SSSR count). The average Bonchev–Trinajstić information content (AvgIpc) is 2.59. The molecule has 0 bridgehead atoms. The van der Waals surface area contributed by atoms with Gasteiger partial charge in [-0.2, -0.15) is 0 Å². The number of piperazine rings is 1. The van der Waals surface area contributed by atoms with Crippen LogP contribution in [0.5, 0.6) is 0 Å². The van der Waals surface area contributed by atoms with Crippen LogP contribution >= 0.6 is 0 Å². The van der Waals surface area contributed by atoms with Crippen molar-refractivity contribution in [2.75, 3.05) is 37.6 Å². The second-order valence-electron chi connectivity index (χ2n) is 5.94. The number of benzene rings is 1. The fourth-order valence-corrected chi connectivity index (χ4v) is 2.77.